The molecule has 27 nitrogen and oxygen atoms in total. The summed E-state index contributed by atoms with van der Waals surface area (Å²) in [7, 11) is 3.21. The number of carbonyl (C=O) groups is 1. The van der Waals surface area contributed by atoms with Crippen LogP contribution in [-0.2, 0) is 4.74 Å². The monoisotopic (exact) mass is 1780 g/mol. The number of nitriles is 1. The van der Waals surface area contributed by atoms with Crippen LogP contribution < -0.4 is 42.5 Å². The quantitative estimate of drug-likeness (QED) is 0.0200. The molecule has 0 bridgehead atoms. The Labute approximate surface area is 739 Å². The molecule has 0 aliphatic rings. The Morgan fingerprint density at radius 2 is 0.770 bits per heavy atom. The number of aromatic amines is 1. The minimum absolute atomic E-state index is 0.150. The highest BCUT2D eigenvalue weighted by Crippen LogP contribution is 2.37. The molecule has 0 amide bonds. The number of para-hydroxylation sites is 4. The maximum absolute atomic E-state index is 11.4. The number of ether oxygens (including phenoxy) is 1. The molecule has 122 heavy (non-hydrogen) atoms. The number of likely N-dealkylation sites (N-methyl/N-ethyl adjacent to an activating group) is 1. The van der Waals surface area contributed by atoms with Crippen molar-refractivity contribution < 1.29 is 9.53 Å². The first-order valence-electron chi connectivity index (χ1n) is 37.5. The molecule has 0 atom stereocenters. The Kier molecular flexibility index (Phi) is 30.7. The molecule has 9 aromatic carbocycles. The Balaban J connectivity index is 0.000000137. The lowest BCUT2D eigenvalue weighted by molar-refractivity contribution is 0.0593. The highest BCUT2D eigenvalue weighted by molar-refractivity contribution is 6.38. The number of nitrogens with one attached hydrogen (secondary N) is 9. The Bertz CT molecular complexity index is 6480. The van der Waals surface area contributed by atoms with E-state index in [0.717, 1.165) is 103 Å². The van der Waals surface area contributed by atoms with Crippen LogP contribution in [0, 0.1) is 11.3 Å². The van der Waals surface area contributed by atoms with Crippen LogP contribution in [0.1, 0.15) is 16.2 Å². The first-order valence-corrected chi connectivity index (χ1v) is 40.5. The highest BCUT2D eigenvalue weighted by Gasteiger charge is 2.19. The Morgan fingerprint density at radius 3 is 1.11 bits per heavy atom. The topological polar surface area (TPSA) is 355 Å². The summed E-state index contributed by atoms with van der Waals surface area (Å²) < 4.78 is 4.61. The molecular weight excluding hydrogens is 1710 g/mol. The van der Waals surface area contributed by atoms with Gasteiger partial charge in [-0.3, -0.25) is 5.10 Å². The van der Waals surface area contributed by atoms with E-state index in [1.807, 2.05) is 147 Å². The lowest BCUT2D eigenvalue weighted by atomic mass is 10.2. The molecule has 0 fully saturated rings. The predicted molar refractivity (Wildman–Crippen MR) is 492 cm³/mol. The van der Waals surface area contributed by atoms with Crippen LogP contribution in [0.25, 0.3) is 100 Å². The number of hydrogen-bond acceptors (Lipinski definition) is 26. The maximum Gasteiger partial charge on any atom is 0.358 e. The van der Waals surface area contributed by atoms with Crippen molar-refractivity contribution in [1.29, 1.82) is 5.26 Å². The summed E-state index contributed by atoms with van der Waals surface area (Å²) in [5.41, 5.74) is 8.72. The van der Waals surface area contributed by atoms with Crippen LogP contribution in [0.15, 0.2) is 244 Å². The zero-order valence-electron chi connectivity index (χ0n) is 64.7. The van der Waals surface area contributed by atoms with Crippen molar-refractivity contribution in [3.63, 3.8) is 0 Å². The molecule has 9 N–H and O–H groups in total. The van der Waals surface area contributed by atoms with E-state index in [9.17, 15) is 4.79 Å². The predicted octanol–water partition coefficient (Wildman–Crippen LogP) is 20.2. The van der Waals surface area contributed by atoms with Crippen molar-refractivity contribution in [3.8, 4) is 51.6 Å². The standard InChI is InChI=1S/C23H18Cl2N6.C22H18Cl2N6O2.C21H15Cl2N7.C17H16Cl2N4.C4H4N2/c24-15-5-7-17(19(25)12-15)23-29-21-4-2-1-3-18(21)22(30-23)27-10-9-26-16-6-8-20-14(11-16)13-28-31-20;1-32-22(31)18-11-28-19(12-27-18)25-8-9-26-20-15-4-2-3-5-17(15)29-21(30-20)14-7-6-13(23)10-16(14)24;22-13-5-6-15(17(23)9-13)21-29-18-4-2-1-3-16(18)20(30-21)26-8-7-25-19-12-27-14(10-24)11-28-19;1-20-8-9-21-16-13-4-2-3-5-15(13)22-17(23-16)12-7-6-11(18)10-14(12)19;1-2-5-4-6-3-1/h1-8,11-13,26H,9-10H2,(H,28,31)(H,27,29,30);2-7,10-12H,8-9H2,1H3,(H,25,28)(H,26,29,30);1-6,9,11-12H,7-8H2,(H,25,28)(H,26,29,30);2-7,10,20H,8-9H2,1H3,(H,21,22,23);1-4H. The molecule has 612 valence electrons. The van der Waals surface area contributed by atoms with Gasteiger partial charge in [-0.15, -0.1) is 0 Å². The van der Waals surface area contributed by atoms with E-state index in [4.69, 9.17) is 108 Å². The zero-order chi connectivity index (χ0) is 85.1. The molecule has 35 heteroatoms. The second kappa shape index (κ2) is 43.2. The number of hydrogen-bond donors (Lipinski definition) is 9. The largest absolute Gasteiger partial charge is 0.464 e. The smallest absolute Gasteiger partial charge is 0.358 e. The number of methoxy groups -OCH3 is 1. The molecule has 0 saturated carbocycles. The van der Waals surface area contributed by atoms with Gasteiger partial charge in [-0.25, -0.2) is 74.6 Å². The molecule has 0 aliphatic carbocycles. The van der Waals surface area contributed by atoms with E-state index in [2.05, 4.69) is 123 Å². The number of fused-ring (bicyclic) bond motifs is 5. The second-order valence-electron chi connectivity index (χ2n) is 26.0. The fourth-order valence-electron chi connectivity index (χ4n) is 11.9. The third kappa shape index (κ3) is 23.5. The lowest BCUT2D eigenvalue weighted by Gasteiger charge is -2.13. The van der Waals surface area contributed by atoms with Crippen LogP contribution in [0.4, 0.5) is 40.6 Å². The van der Waals surface area contributed by atoms with Crippen LogP contribution in [0.3, 0.4) is 0 Å². The van der Waals surface area contributed by atoms with E-state index in [0.29, 0.717) is 131 Å². The van der Waals surface area contributed by atoms with E-state index < -0.39 is 5.97 Å². The van der Waals surface area contributed by atoms with Gasteiger partial charge in [0.15, 0.2) is 34.7 Å². The molecule has 17 aromatic rings. The van der Waals surface area contributed by atoms with Gasteiger partial charge < -0.3 is 47.3 Å². The fraction of sp³-hybridized carbons (Fsp3) is 0.115. The van der Waals surface area contributed by atoms with Crippen LogP contribution in [0.5, 0.6) is 0 Å². The number of anilines is 7. The molecule has 8 aromatic heterocycles. The molecule has 17 rings (SSSR count). The van der Waals surface area contributed by atoms with Crippen molar-refractivity contribution in [1.82, 2.24) is 85.3 Å². The summed E-state index contributed by atoms with van der Waals surface area (Å²) in [4.78, 5) is 72.5. The van der Waals surface area contributed by atoms with Gasteiger partial charge >= 0.3 is 5.97 Å². The number of halogens is 8. The lowest BCUT2D eigenvalue weighted by Crippen LogP contribution is -2.18. The Hall–Kier alpha value is -13.1. The van der Waals surface area contributed by atoms with Gasteiger partial charge in [0.05, 0.1) is 85.8 Å². The number of H-pyrrole nitrogens is 1. The molecule has 0 saturated heterocycles. The van der Waals surface area contributed by atoms with Gasteiger partial charge in [0.2, 0.25) is 0 Å². The van der Waals surface area contributed by atoms with Gasteiger partial charge in [0.25, 0.3) is 0 Å². The van der Waals surface area contributed by atoms with Crippen LogP contribution >= 0.6 is 92.8 Å². The number of aromatic nitrogens is 16. The zero-order valence-corrected chi connectivity index (χ0v) is 70.8. The molecule has 0 radical (unpaired) electrons. The summed E-state index contributed by atoms with van der Waals surface area (Å²) in [6.45, 7) is 5.26. The molecule has 8 heterocycles. The summed E-state index contributed by atoms with van der Waals surface area (Å²) in [5.74, 6) is 5.72. The minimum Gasteiger partial charge on any atom is -0.464 e. The summed E-state index contributed by atoms with van der Waals surface area (Å²) >= 11 is 49.5. The molecule has 0 aliphatic heterocycles. The normalized spacial score (nSPS) is 10.7. The number of esters is 1. The highest BCUT2D eigenvalue weighted by atomic mass is 35.5. The van der Waals surface area contributed by atoms with Gasteiger partial charge in [-0.2, -0.15) is 10.4 Å². The van der Waals surface area contributed by atoms with Crippen LogP contribution in [0.2, 0.25) is 40.2 Å². The Morgan fingerprint density at radius 1 is 0.393 bits per heavy atom. The summed E-state index contributed by atoms with van der Waals surface area (Å²) in [6, 6.07) is 62.3. The van der Waals surface area contributed by atoms with Crippen molar-refractivity contribution in [2.45, 2.75) is 0 Å². The first kappa shape index (κ1) is 86.7. The first-order chi connectivity index (χ1) is 59.5. The van der Waals surface area contributed by atoms with Gasteiger partial charge in [-0.1, -0.05) is 141 Å². The SMILES string of the molecule is CNCCNc1nc(-c2ccc(Cl)cc2Cl)nc2ccccc12.COC(=O)c1cnc(NCCNc2nc(-c3ccc(Cl)cc3Cl)nc3ccccc23)cn1.Clc1ccc(-c2nc(NCCNc3ccc4[nH]ncc4c3)c3ccccc3n2)c(Cl)c1.N#Cc1cnc(NCCNc2nc(-c3ccc(Cl)cc3Cl)nc3ccccc23)cn1.c1cncnc1. The van der Waals surface area contributed by atoms with Crippen LogP contribution in [-0.4, -0.2) is 152 Å². The number of nitrogens with zero attached hydrogens (tertiary/aromatic N) is 16. The fourth-order valence-corrected chi connectivity index (χ4v) is 13.8. The maximum atomic E-state index is 11.4. The van der Waals surface area contributed by atoms with Crippen molar-refractivity contribution in [2.75, 3.05) is 104 Å². The van der Waals surface area contributed by atoms with E-state index >= 15 is 0 Å². The summed E-state index contributed by atoms with van der Waals surface area (Å²) in [5, 5.41) is 51.2. The van der Waals surface area contributed by atoms with Crippen molar-refractivity contribution >= 4 is 194 Å². The minimum atomic E-state index is -0.530. The average molecular weight is 1780 g/mol. The summed E-state index contributed by atoms with van der Waals surface area (Å²) in [6.07, 6.45) is 12.5. The third-order valence-corrected chi connectivity index (χ3v) is 19.9. The van der Waals surface area contributed by atoms with Gasteiger partial charge in [0.1, 0.15) is 47.3 Å². The number of benzene rings is 9. The third-order valence-electron chi connectivity index (χ3n) is 17.7. The average Bonchev–Trinajstić information content (AvgIpc) is 1.00. The molecule has 0 spiro atoms. The second-order valence-corrected chi connectivity index (χ2v) is 29.4. The van der Waals surface area contributed by atoms with Crippen molar-refractivity contribution in [3.05, 3.63) is 295 Å². The van der Waals surface area contributed by atoms with Crippen molar-refractivity contribution in [2.24, 2.45) is 0 Å². The van der Waals surface area contributed by atoms with Gasteiger partial charge in [0, 0.05) is 140 Å². The van der Waals surface area contributed by atoms with Gasteiger partial charge in [-0.05, 0) is 153 Å². The molecule has 0 unspecified atom stereocenters. The number of rotatable bonds is 24. The van der Waals surface area contributed by atoms with E-state index in [1.54, 1.807) is 73.1 Å². The van der Waals surface area contributed by atoms with E-state index in [-0.39, 0.29) is 11.4 Å². The van der Waals surface area contributed by atoms with E-state index in [1.165, 1.54) is 38.2 Å². The molecular formula is C87H71Cl8N25O2. The number of carbonyl (C=O) groups excluding carboxylic acids is 1.